The number of aryl methyl sites for hydroxylation is 2. The topological polar surface area (TPSA) is 64.3 Å². The minimum absolute atomic E-state index is 0.338. The van der Waals surface area contributed by atoms with Crippen molar-refractivity contribution in [1.82, 2.24) is 5.32 Å². The summed E-state index contributed by atoms with van der Waals surface area (Å²) in [6.45, 7) is 9.23. The third-order valence-electron chi connectivity index (χ3n) is 3.66. The Hall–Kier alpha value is -1.55. The van der Waals surface area contributed by atoms with Crippen molar-refractivity contribution in [3.63, 3.8) is 0 Å². The molecule has 0 radical (unpaired) electrons. The molecule has 0 saturated carbocycles. The number of carbonyl (C=O) groups is 1. The zero-order valence-electron chi connectivity index (χ0n) is 13.0. The summed E-state index contributed by atoms with van der Waals surface area (Å²) in [5.41, 5.74) is 7.20. The van der Waals surface area contributed by atoms with E-state index < -0.39 is 5.54 Å². The lowest BCUT2D eigenvalue weighted by Crippen LogP contribution is -2.54. The number of carbonyl (C=O) groups excluding carboxylic acids is 1. The van der Waals surface area contributed by atoms with E-state index in [-0.39, 0.29) is 5.91 Å². The predicted molar refractivity (Wildman–Crippen MR) is 81.9 cm³/mol. The largest absolute Gasteiger partial charge is 0.494 e. The van der Waals surface area contributed by atoms with Crippen LogP contribution in [-0.2, 0) is 4.79 Å². The highest BCUT2D eigenvalue weighted by molar-refractivity contribution is 5.84. The van der Waals surface area contributed by atoms with Crippen LogP contribution in [0.4, 0.5) is 0 Å². The molecule has 0 aromatic heterocycles. The first-order valence-corrected chi connectivity index (χ1v) is 7.14. The maximum absolute atomic E-state index is 11.6. The first-order valence-electron chi connectivity index (χ1n) is 7.14. The van der Waals surface area contributed by atoms with E-state index in [4.69, 9.17) is 10.5 Å². The molecule has 3 N–H and O–H groups in total. The van der Waals surface area contributed by atoms with Gasteiger partial charge in [0.25, 0.3) is 0 Å². The lowest BCUT2D eigenvalue weighted by Gasteiger charge is -2.27. The molecule has 112 valence electrons. The Morgan fingerprint density at radius 3 is 2.60 bits per heavy atom. The number of ether oxygens (including phenoxy) is 1. The van der Waals surface area contributed by atoms with Crippen LogP contribution in [0.3, 0.4) is 0 Å². The van der Waals surface area contributed by atoms with Gasteiger partial charge in [0.15, 0.2) is 0 Å². The second-order valence-electron chi connectivity index (χ2n) is 5.47. The Morgan fingerprint density at radius 2 is 2.05 bits per heavy atom. The standard InChI is InChI=1S/C16H26N2O2/c1-5-9-18-16(4,15(17)19)8-10-20-14-7-6-12(2)13(3)11-14/h6-7,11,18H,5,8-10H2,1-4H3,(H2,17,19). The highest BCUT2D eigenvalue weighted by atomic mass is 16.5. The quantitative estimate of drug-likeness (QED) is 0.767. The molecular formula is C16H26N2O2. The normalized spacial score (nSPS) is 13.8. The van der Waals surface area contributed by atoms with Crippen molar-refractivity contribution < 1.29 is 9.53 Å². The first-order chi connectivity index (χ1) is 9.39. The Bertz CT molecular complexity index is 460. The average molecular weight is 278 g/mol. The molecule has 0 aliphatic heterocycles. The van der Waals surface area contributed by atoms with Gasteiger partial charge in [-0.15, -0.1) is 0 Å². The lowest BCUT2D eigenvalue weighted by atomic mass is 9.97. The molecule has 0 saturated heterocycles. The smallest absolute Gasteiger partial charge is 0.237 e. The maximum Gasteiger partial charge on any atom is 0.237 e. The van der Waals surface area contributed by atoms with Gasteiger partial charge in [-0.3, -0.25) is 4.79 Å². The molecule has 1 atom stereocenters. The van der Waals surface area contributed by atoms with Gasteiger partial charge in [-0.25, -0.2) is 0 Å². The average Bonchev–Trinajstić information content (AvgIpc) is 2.40. The summed E-state index contributed by atoms with van der Waals surface area (Å²) in [6.07, 6.45) is 1.51. The number of hydrogen-bond acceptors (Lipinski definition) is 3. The van der Waals surface area contributed by atoms with Crippen LogP contribution in [0.25, 0.3) is 0 Å². The molecule has 4 nitrogen and oxygen atoms in total. The fourth-order valence-corrected chi connectivity index (χ4v) is 1.88. The molecule has 4 heteroatoms. The van der Waals surface area contributed by atoms with E-state index in [1.54, 1.807) is 0 Å². The zero-order valence-corrected chi connectivity index (χ0v) is 13.0. The van der Waals surface area contributed by atoms with Gasteiger partial charge in [0, 0.05) is 6.42 Å². The molecule has 1 aromatic carbocycles. The molecule has 0 aliphatic rings. The van der Waals surface area contributed by atoms with Gasteiger partial charge in [0.05, 0.1) is 12.1 Å². The second-order valence-corrected chi connectivity index (χ2v) is 5.47. The fraction of sp³-hybridized carbons (Fsp3) is 0.562. The van der Waals surface area contributed by atoms with Crippen molar-refractivity contribution in [2.24, 2.45) is 5.73 Å². The summed E-state index contributed by atoms with van der Waals surface area (Å²) in [5.74, 6) is 0.491. The number of hydrogen-bond donors (Lipinski definition) is 2. The summed E-state index contributed by atoms with van der Waals surface area (Å²) in [6, 6.07) is 5.99. The molecular weight excluding hydrogens is 252 g/mol. The summed E-state index contributed by atoms with van der Waals surface area (Å²) in [7, 11) is 0. The number of primary amides is 1. The number of nitrogens with one attached hydrogen (secondary N) is 1. The van der Waals surface area contributed by atoms with E-state index in [0.717, 1.165) is 18.7 Å². The van der Waals surface area contributed by atoms with E-state index in [1.165, 1.54) is 11.1 Å². The van der Waals surface area contributed by atoms with Crippen LogP contribution in [0.15, 0.2) is 18.2 Å². The Morgan fingerprint density at radius 1 is 1.35 bits per heavy atom. The van der Waals surface area contributed by atoms with Crippen LogP contribution in [-0.4, -0.2) is 24.6 Å². The SMILES string of the molecule is CCCNC(C)(CCOc1ccc(C)c(C)c1)C(N)=O. The number of amides is 1. The van der Waals surface area contributed by atoms with E-state index in [1.807, 2.05) is 25.1 Å². The fourth-order valence-electron chi connectivity index (χ4n) is 1.88. The number of benzene rings is 1. The highest BCUT2D eigenvalue weighted by Crippen LogP contribution is 2.18. The van der Waals surface area contributed by atoms with Crippen LogP contribution >= 0.6 is 0 Å². The van der Waals surface area contributed by atoms with Crippen molar-refractivity contribution in [3.8, 4) is 5.75 Å². The van der Waals surface area contributed by atoms with Crippen LogP contribution in [0.1, 0.15) is 37.8 Å². The maximum atomic E-state index is 11.6. The summed E-state index contributed by atoms with van der Waals surface area (Å²) in [4.78, 5) is 11.6. The summed E-state index contributed by atoms with van der Waals surface area (Å²) in [5, 5.41) is 3.20. The first kappa shape index (κ1) is 16.5. The summed E-state index contributed by atoms with van der Waals surface area (Å²) >= 11 is 0. The number of nitrogens with two attached hydrogens (primary N) is 1. The molecule has 0 bridgehead atoms. The van der Waals surface area contributed by atoms with Crippen molar-refractivity contribution in [3.05, 3.63) is 29.3 Å². The van der Waals surface area contributed by atoms with Crippen LogP contribution < -0.4 is 15.8 Å². The van der Waals surface area contributed by atoms with Crippen molar-refractivity contribution in [2.75, 3.05) is 13.2 Å². The molecule has 0 spiro atoms. The Balaban J connectivity index is 2.55. The molecule has 1 aromatic rings. The van der Waals surface area contributed by atoms with Gasteiger partial charge < -0.3 is 15.8 Å². The molecule has 1 rings (SSSR count). The monoisotopic (exact) mass is 278 g/mol. The van der Waals surface area contributed by atoms with Crippen molar-refractivity contribution >= 4 is 5.91 Å². The minimum atomic E-state index is -0.713. The zero-order chi connectivity index (χ0) is 15.2. The molecule has 1 amide bonds. The van der Waals surface area contributed by atoms with Gasteiger partial charge in [-0.05, 0) is 57.0 Å². The highest BCUT2D eigenvalue weighted by Gasteiger charge is 2.29. The Kier molecular flexibility index (Phi) is 6.02. The number of rotatable bonds is 8. The second kappa shape index (κ2) is 7.29. The van der Waals surface area contributed by atoms with Crippen molar-refractivity contribution in [1.29, 1.82) is 0 Å². The third kappa shape index (κ3) is 4.53. The molecule has 1 unspecified atom stereocenters. The minimum Gasteiger partial charge on any atom is -0.494 e. The van der Waals surface area contributed by atoms with Gasteiger partial charge in [0.1, 0.15) is 5.75 Å². The van der Waals surface area contributed by atoms with E-state index in [9.17, 15) is 4.79 Å². The third-order valence-corrected chi connectivity index (χ3v) is 3.66. The van der Waals surface area contributed by atoms with Crippen LogP contribution in [0.2, 0.25) is 0 Å². The molecule has 0 aliphatic carbocycles. The molecule has 0 heterocycles. The van der Waals surface area contributed by atoms with Crippen LogP contribution in [0, 0.1) is 13.8 Å². The lowest BCUT2D eigenvalue weighted by molar-refractivity contribution is -0.124. The summed E-state index contributed by atoms with van der Waals surface area (Å²) < 4.78 is 5.72. The van der Waals surface area contributed by atoms with Gasteiger partial charge in [0.2, 0.25) is 5.91 Å². The molecule has 20 heavy (non-hydrogen) atoms. The van der Waals surface area contributed by atoms with E-state index >= 15 is 0 Å². The van der Waals surface area contributed by atoms with Crippen molar-refractivity contribution in [2.45, 2.75) is 46.1 Å². The molecule has 0 fully saturated rings. The van der Waals surface area contributed by atoms with Gasteiger partial charge >= 0.3 is 0 Å². The van der Waals surface area contributed by atoms with E-state index in [0.29, 0.717) is 13.0 Å². The van der Waals surface area contributed by atoms with Gasteiger partial charge in [-0.1, -0.05) is 13.0 Å². The van der Waals surface area contributed by atoms with E-state index in [2.05, 4.69) is 26.1 Å². The van der Waals surface area contributed by atoms with Gasteiger partial charge in [-0.2, -0.15) is 0 Å². The predicted octanol–water partition coefficient (Wildman–Crippen LogP) is 2.32. The Labute approximate surface area is 121 Å². The van der Waals surface area contributed by atoms with Crippen LogP contribution in [0.5, 0.6) is 5.75 Å².